The molecule has 0 spiro atoms. The van der Waals surface area contributed by atoms with Crippen molar-refractivity contribution in [2.75, 3.05) is 0 Å². The first kappa shape index (κ1) is 13.9. The number of aryl methyl sites for hydroxylation is 2. The van der Waals surface area contributed by atoms with E-state index in [9.17, 15) is 5.11 Å². The Morgan fingerprint density at radius 2 is 1.74 bits per heavy atom. The van der Waals surface area contributed by atoms with Crippen LogP contribution in [-0.4, -0.2) is 5.11 Å². The third-order valence-corrected chi connectivity index (χ3v) is 3.51. The normalized spacial score (nSPS) is 12.9. The summed E-state index contributed by atoms with van der Waals surface area (Å²) in [5.74, 6) is 2.20. The molecule has 0 fully saturated rings. The minimum Gasteiger partial charge on any atom is -0.466 e. The van der Waals surface area contributed by atoms with Crippen LogP contribution in [0.4, 0.5) is 0 Å². The van der Waals surface area contributed by atoms with Gasteiger partial charge in [0, 0.05) is 12.0 Å². The highest BCUT2D eigenvalue weighted by Gasteiger charge is 2.15. The number of furan rings is 1. The average Bonchev–Trinajstić information content (AvgIpc) is 2.69. The summed E-state index contributed by atoms with van der Waals surface area (Å²) in [6, 6.07) is 10.4. The van der Waals surface area contributed by atoms with Crippen molar-refractivity contribution in [2.45, 2.75) is 46.1 Å². The van der Waals surface area contributed by atoms with Gasteiger partial charge in [-0.3, -0.25) is 0 Å². The maximum absolute atomic E-state index is 10.3. The van der Waals surface area contributed by atoms with E-state index in [0.29, 0.717) is 12.3 Å². The first-order valence-electron chi connectivity index (χ1n) is 6.81. The van der Waals surface area contributed by atoms with E-state index in [1.165, 1.54) is 5.56 Å². The standard InChI is InChI=1S/C17H22O2/c1-11(2)15-7-5-14(6-8-15)10-17(18)16-9-12(3)19-13(16)4/h5-9,11,17-18H,10H2,1-4H3. The summed E-state index contributed by atoms with van der Waals surface area (Å²) in [5, 5.41) is 10.3. The van der Waals surface area contributed by atoms with E-state index in [0.717, 1.165) is 22.6 Å². The molecule has 0 aliphatic carbocycles. The lowest BCUT2D eigenvalue weighted by Crippen LogP contribution is -2.02. The fraction of sp³-hybridized carbons (Fsp3) is 0.412. The number of benzene rings is 1. The second kappa shape index (κ2) is 5.62. The lowest BCUT2D eigenvalue weighted by Gasteiger charge is -2.11. The molecule has 102 valence electrons. The first-order valence-corrected chi connectivity index (χ1v) is 6.81. The second-order valence-corrected chi connectivity index (χ2v) is 5.48. The van der Waals surface area contributed by atoms with Gasteiger partial charge in [-0.2, -0.15) is 0 Å². The summed E-state index contributed by atoms with van der Waals surface area (Å²) in [6.45, 7) is 8.16. The van der Waals surface area contributed by atoms with Crippen LogP contribution < -0.4 is 0 Å². The van der Waals surface area contributed by atoms with E-state index >= 15 is 0 Å². The Labute approximate surface area is 115 Å². The highest BCUT2D eigenvalue weighted by molar-refractivity contribution is 5.28. The molecule has 2 heteroatoms. The summed E-state index contributed by atoms with van der Waals surface area (Å²) in [7, 11) is 0. The van der Waals surface area contributed by atoms with Gasteiger partial charge in [0.25, 0.3) is 0 Å². The van der Waals surface area contributed by atoms with Gasteiger partial charge in [-0.25, -0.2) is 0 Å². The summed E-state index contributed by atoms with van der Waals surface area (Å²) >= 11 is 0. The fourth-order valence-electron chi connectivity index (χ4n) is 2.35. The third-order valence-electron chi connectivity index (χ3n) is 3.51. The van der Waals surface area contributed by atoms with Gasteiger partial charge < -0.3 is 9.52 Å². The molecule has 0 aliphatic heterocycles. The predicted octanol–water partition coefficient (Wildman–Crippen LogP) is 4.30. The molecular formula is C17H22O2. The monoisotopic (exact) mass is 258 g/mol. The molecule has 2 aromatic rings. The van der Waals surface area contributed by atoms with E-state index in [2.05, 4.69) is 38.1 Å². The Hall–Kier alpha value is -1.54. The molecule has 1 N–H and O–H groups in total. The molecule has 1 aromatic heterocycles. The zero-order valence-electron chi connectivity index (χ0n) is 12.1. The van der Waals surface area contributed by atoms with Gasteiger partial charge in [0.1, 0.15) is 11.5 Å². The topological polar surface area (TPSA) is 33.4 Å². The highest BCUT2D eigenvalue weighted by atomic mass is 16.3. The quantitative estimate of drug-likeness (QED) is 0.887. The van der Waals surface area contributed by atoms with Crippen LogP contribution in [0.2, 0.25) is 0 Å². The van der Waals surface area contributed by atoms with E-state index in [1.807, 2.05) is 19.9 Å². The smallest absolute Gasteiger partial charge is 0.106 e. The minimum atomic E-state index is -0.498. The summed E-state index contributed by atoms with van der Waals surface area (Å²) < 4.78 is 5.46. The number of aliphatic hydroxyl groups excluding tert-OH is 1. The average molecular weight is 258 g/mol. The Balaban J connectivity index is 2.10. The van der Waals surface area contributed by atoms with Crippen LogP contribution in [-0.2, 0) is 6.42 Å². The van der Waals surface area contributed by atoms with Gasteiger partial charge in [-0.05, 0) is 37.0 Å². The zero-order chi connectivity index (χ0) is 14.0. The molecule has 1 unspecified atom stereocenters. The third kappa shape index (κ3) is 3.27. The highest BCUT2D eigenvalue weighted by Crippen LogP contribution is 2.25. The second-order valence-electron chi connectivity index (χ2n) is 5.48. The Morgan fingerprint density at radius 1 is 1.11 bits per heavy atom. The van der Waals surface area contributed by atoms with Gasteiger partial charge in [0.15, 0.2) is 0 Å². The molecule has 0 radical (unpaired) electrons. The molecule has 1 aromatic carbocycles. The van der Waals surface area contributed by atoms with Gasteiger partial charge in [0.05, 0.1) is 6.10 Å². The van der Waals surface area contributed by atoms with Crippen LogP contribution >= 0.6 is 0 Å². The molecular weight excluding hydrogens is 236 g/mol. The van der Waals surface area contributed by atoms with Crippen molar-refractivity contribution in [3.8, 4) is 0 Å². The molecule has 2 nitrogen and oxygen atoms in total. The lowest BCUT2D eigenvalue weighted by molar-refractivity contribution is 0.176. The van der Waals surface area contributed by atoms with Crippen molar-refractivity contribution in [3.63, 3.8) is 0 Å². The number of hydrogen-bond donors (Lipinski definition) is 1. The van der Waals surface area contributed by atoms with Crippen LogP contribution in [0.3, 0.4) is 0 Å². The van der Waals surface area contributed by atoms with Crippen LogP contribution in [0.1, 0.15) is 54.1 Å². The maximum atomic E-state index is 10.3. The van der Waals surface area contributed by atoms with Gasteiger partial charge >= 0.3 is 0 Å². The molecule has 0 saturated carbocycles. The zero-order valence-corrected chi connectivity index (χ0v) is 12.1. The summed E-state index contributed by atoms with van der Waals surface area (Å²) in [4.78, 5) is 0. The van der Waals surface area contributed by atoms with Crippen molar-refractivity contribution in [1.29, 1.82) is 0 Å². The SMILES string of the molecule is Cc1cc(C(O)Cc2ccc(C(C)C)cc2)c(C)o1. The van der Waals surface area contributed by atoms with Gasteiger partial charge in [0.2, 0.25) is 0 Å². The molecule has 0 saturated heterocycles. The van der Waals surface area contributed by atoms with Crippen LogP contribution in [0.25, 0.3) is 0 Å². The largest absolute Gasteiger partial charge is 0.466 e. The lowest BCUT2D eigenvalue weighted by atomic mass is 9.98. The molecule has 0 aliphatic rings. The van der Waals surface area contributed by atoms with Gasteiger partial charge in [-0.15, -0.1) is 0 Å². The van der Waals surface area contributed by atoms with Crippen molar-refractivity contribution in [2.24, 2.45) is 0 Å². The summed E-state index contributed by atoms with van der Waals surface area (Å²) in [6.07, 6.45) is 0.125. The number of aliphatic hydroxyl groups is 1. The molecule has 19 heavy (non-hydrogen) atoms. The molecule has 2 rings (SSSR count). The molecule has 1 atom stereocenters. The van der Waals surface area contributed by atoms with Crippen LogP contribution in [0, 0.1) is 13.8 Å². The summed E-state index contributed by atoms with van der Waals surface area (Å²) in [5.41, 5.74) is 3.37. The minimum absolute atomic E-state index is 0.498. The molecule has 1 heterocycles. The van der Waals surface area contributed by atoms with Crippen LogP contribution in [0.5, 0.6) is 0 Å². The van der Waals surface area contributed by atoms with E-state index in [4.69, 9.17) is 4.42 Å². The Morgan fingerprint density at radius 3 is 2.21 bits per heavy atom. The Kier molecular flexibility index (Phi) is 4.11. The number of rotatable bonds is 4. The van der Waals surface area contributed by atoms with E-state index in [1.54, 1.807) is 0 Å². The van der Waals surface area contributed by atoms with Crippen molar-refractivity contribution < 1.29 is 9.52 Å². The predicted molar refractivity (Wildman–Crippen MR) is 77.4 cm³/mol. The van der Waals surface area contributed by atoms with E-state index in [-0.39, 0.29) is 0 Å². The van der Waals surface area contributed by atoms with Crippen molar-refractivity contribution in [3.05, 3.63) is 58.5 Å². The number of hydrogen-bond acceptors (Lipinski definition) is 2. The molecule has 0 amide bonds. The maximum Gasteiger partial charge on any atom is 0.106 e. The van der Waals surface area contributed by atoms with E-state index < -0.39 is 6.10 Å². The van der Waals surface area contributed by atoms with Gasteiger partial charge in [-0.1, -0.05) is 38.1 Å². The van der Waals surface area contributed by atoms with Crippen molar-refractivity contribution in [1.82, 2.24) is 0 Å². The van der Waals surface area contributed by atoms with Crippen molar-refractivity contribution >= 4 is 0 Å². The van der Waals surface area contributed by atoms with Crippen LogP contribution in [0.15, 0.2) is 34.7 Å². The fourth-order valence-corrected chi connectivity index (χ4v) is 2.35. The first-order chi connectivity index (χ1) is 8.97. The molecule has 0 bridgehead atoms. The Bertz CT molecular complexity index is 535.